The molecule has 0 bridgehead atoms. The van der Waals surface area contributed by atoms with Gasteiger partial charge < -0.3 is 14.7 Å². The fourth-order valence-electron chi connectivity index (χ4n) is 2.84. The molecule has 0 unspecified atom stereocenters. The number of rotatable bonds is 5. The maximum Gasteiger partial charge on any atom is 0.406 e. The van der Waals surface area contributed by atoms with Crippen molar-refractivity contribution in [1.82, 2.24) is 4.90 Å². The van der Waals surface area contributed by atoms with Gasteiger partial charge in [-0.25, -0.2) is 0 Å². The van der Waals surface area contributed by atoms with Crippen molar-refractivity contribution in [3.63, 3.8) is 0 Å². The average molecular weight is 345 g/mol. The minimum atomic E-state index is -4.52. The molecule has 1 N–H and O–H groups in total. The summed E-state index contributed by atoms with van der Waals surface area (Å²) in [5.74, 6) is -2.02. The van der Waals surface area contributed by atoms with Crippen LogP contribution in [0.15, 0.2) is 18.2 Å². The molecule has 0 radical (unpaired) electrons. The van der Waals surface area contributed by atoms with Crippen LogP contribution >= 0.6 is 0 Å². The Morgan fingerprint density at radius 3 is 2.67 bits per heavy atom. The third kappa shape index (κ3) is 4.62. The van der Waals surface area contributed by atoms with E-state index in [4.69, 9.17) is 9.84 Å². The molecule has 8 heteroatoms. The van der Waals surface area contributed by atoms with E-state index in [0.717, 1.165) is 10.5 Å². The predicted octanol–water partition coefficient (Wildman–Crippen LogP) is 2.62. The number of carboxylic acid groups (broad SMARTS) is 1. The molecule has 0 saturated carbocycles. The Kier molecular flexibility index (Phi) is 5.36. The Bertz CT molecular complexity index is 630. The zero-order valence-corrected chi connectivity index (χ0v) is 13.1. The highest BCUT2D eigenvalue weighted by molar-refractivity contribution is 5.80. The van der Waals surface area contributed by atoms with Gasteiger partial charge in [0.15, 0.2) is 0 Å². The van der Waals surface area contributed by atoms with Gasteiger partial charge in [0.1, 0.15) is 12.3 Å². The number of carbonyl (C=O) groups excluding carboxylic acids is 1. The first kappa shape index (κ1) is 18.1. The van der Waals surface area contributed by atoms with E-state index < -0.39 is 30.5 Å². The summed E-state index contributed by atoms with van der Waals surface area (Å²) in [7, 11) is 1.45. The lowest BCUT2D eigenvalue weighted by atomic mass is 9.93. The van der Waals surface area contributed by atoms with E-state index in [-0.39, 0.29) is 25.8 Å². The smallest absolute Gasteiger partial charge is 0.406 e. The molecular weight excluding hydrogens is 327 g/mol. The summed E-state index contributed by atoms with van der Waals surface area (Å²) >= 11 is 0. The number of hydrogen-bond donors (Lipinski definition) is 1. The van der Waals surface area contributed by atoms with Crippen LogP contribution in [0, 0.1) is 5.92 Å². The Hall–Kier alpha value is -2.25. The summed E-state index contributed by atoms with van der Waals surface area (Å²) < 4.78 is 43.5. The van der Waals surface area contributed by atoms with Crippen LogP contribution in [0.2, 0.25) is 0 Å². The third-order valence-corrected chi connectivity index (χ3v) is 3.98. The summed E-state index contributed by atoms with van der Waals surface area (Å²) in [5, 5.41) is 8.80. The van der Waals surface area contributed by atoms with Gasteiger partial charge in [-0.15, -0.1) is 0 Å². The minimum Gasteiger partial charge on any atom is -0.497 e. The van der Waals surface area contributed by atoms with E-state index in [0.29, 0.717) is 11.3 Å². The van der Waals surface area contributed by atoms with Crippen molar-refractivity contribution in [3.05, 3.63) is 29.3 Å². The Labute approximate surface area is 137 Å². The zero-order valence-electron chi connectivity index (χ0n) is 13.1. The van der Waals surface area contributed by atoms with Gasteiger partial charge in [0.25, 0.3) is 0 Å². The number of aliphatic carboxylic acids is 1. The molecule has 2 rings (SSSR count). The first-order valence-corrected chi connectivity index (χ1v) is 7.42. The number of ether oxygens (including phenoxy) is 1. The second-order valence-corrected chi connectivity index (χ2v) is 5.78. The standard InChI is InChI=1S/C16H18F3NO4/c1-24-13-4-2-10-6-11(3-5-14(21)22)15(23)20(8-12(10)7-13)9-16(17,18)19/h2,4,7,11H,3,5-6,8-9H2,1H3,(H,21,22)/t11-/m0/s1. The van der Waals surface area contributed by atoms with Crippen molar-refractivity contribution >= 4 is 11.9 Å². The van der Waals surface area contributed by atoms with Crippen LogP contribution in [0.3, 0.4) is 0 Å². The van der Waals surface area contributed by atoms with Crippen molar-refractivity contribution in [2.75, 3.05) is 13.7 Å². The van der Waals surface area contributed by atoms with Crippen LogP contribution in [0.4, 0.5) is 13.2 Å². The van der Waals surface area contributed by atoms with E-state index in [1.807, 2.05) is 0 Å². The molecule has 0 spiro atoms. The molecule has 24 heavy (non-hydrogen) atoms. The average Bonchev–Trinajstić information content (AvgIpc) is 2.61. The fraction of sp³-hybridized carbons (Fsp3) is 0.500. The normalized spacial score (nSPS) is 18.1. The van der Waals surface area contributed by atoms with Gasteiger partial charge in [0.2, 0.25) is 5.91 Å². The van der Waals surface area contributed by atoms with E-state index in [9.17, 15) is 22.8 Å². The highest BCUT2D eigenvalue weighted by atomic mass is 19.4. The molecule has 132 valence electrons. The van der Waals surface area contributed by atoms with Gasteiger partial charge in [0.05, 0.1) is 7.11 Å². The lowest BCUT2D eigenvalue weighted by molar-refractivity contribution is -0.164. The highest BCUT2D eigenvalue weighted by Gasteiger charge is 2.37. The molecule has 1 atom stereocenters. The summed E-state index contributed by atoms with van der Waals surface area (Å²) in [5.41, 5.74) is 1.33. The molecule has 1 aromatic carbocycles. The Morgan fingerprint density at radius 2 is 2.08 bits per heavy atom. The number of carboxylic acids is 1. The number of hydrogen-bond acceptors (Lipinski definition) is 3. The molecule has 1 aliphatic rings. The van der Waals surface area contributed by atoms with E-state index in [1.165, 1.54) is 7.11 Å². The second-order valence-electron chi connectivity index (χ2n) is 5.78. The molecule has 0 aromatic heterocycles. The molecule has 1 amide bonds. The number of amides is 1. The topological polar surface area (TPSA) is 66.8 Å². The number of halogens is 3. The number of methoxy groups -OCH3 is 1. The molecule has 1 heterocycles. The van der Waals surface area contributed by atoms with Gasteiger partial charge in [0, 0.05) is 18.9 Å². The van der Waals surface area contributed by atoms with Gasteiger partial charge in [-0.3, -0.25) is 9.59 Å². The largest absolute Gasteiger partial charge is 0.497 e. The second kappa shape index (κ2) is 7.11. The van der Waals surface area contributed by atoms with Gasteiger partial charge in [-0.05, 0) is 36.1 Å². The number of fused-ring (bicyclic) bond motifs is 1. The summed E-state index contributed by atoms with van der Waals surface area (Å²) in [4.78, 5) is 24.0. The molecule has 0 aliphatic carbocycles. The van der Waals surface area contributed by atoms with E-state index in [2.05, 4.69) is 0 Å². The summed E-state index contributed by atoms with van der Waals surface area (Å²) in [6, 6.07) is 5.01. The lowest BCUT2D eigenvalue weighted by Crippen LogP contribution is -2.41. The van der Waals surface area contributed by atoms with Crippen LogP contribution in [-0.4, -0.2) is 41.7 Å². The molecule has 5 nitrogen and oxygen atoms in total. The summed E-state index contributed by atoms with van der Waals surface area (Å²) in [6.07, 6.45) is -4.55. The van der Waals surface area contributed by atoms with Crippen LogP contribution in [0.25, 0.3) is 0 Å². The first-order valence-electron chi connectivity index (χ1n) is 7.42. The minimum absolute atomic E-state index is 0.00793. The quantitative estimate of drug-likeness (QED) is 0.891. The monoisotopic (exact) mass is 345 g/mol. The maximum atomic E-state index is 12.8. The number of carbonyl (C=O) groups is 2. The van der Waals surface area contributed by atoms with Crippen molar-refractivity contribution < 1.29 is 32.6 Å². The molecule has 0 fully saturated rings. The lowest BCUT2D eigenvalue weighted by Gasteiger charge is -2.25. The maximum absolute atomic E-state index is 12.8. The number of alkyl halides is 3. The van der Waals surface area contributed by atoms with E-state index >= 15 is 0 Å². The van der Waals surface area contributed by atoms with Crippen molar-refractivity contribution in [2.45, 2.75) is 32.0 Å². The van der Waals surface area contributed by atoms with Crippen molar-refractivity contribution in [2.24, 2.45) is 5.92 Å². The highest BCUT2D eigenvalue weighted by Crippen LogP contribution is 2.30. The van der Waals surface area contributed by atoms with E-state index in [1.54, 1.807) is 18.2 Å². The molecule has 1 aromatic rings. The third-order valence-electron chi connectivity index (χ3n) is 3.98. The Balaban J connectivity index is 2.33. The van der Waals surface area contributed by atoms with Gasteiger partial charge in [-0.2, -0.15) is 13.2 Å². The van der Waals surface area contributed by atoms with Crippen molar-refractivity contribution in [1.29, 1.82) is 0 Å². The van der Waals surface area contributed by atoms with Crippen LogP contribution in [-0.2, 0) is 22.6 Å². The summed E-state index contributed by atoms with van der Waals surface area (Å²) in [6.45, 7) is -1.53. The fourth-order valence-corrected chi connectivity index (χ4v) is 2.84. The van der Waals surface area contributed by atoms with Gasteiger partial charge >= 0.3 is 12.1 Å². The SMILES string of the molecule is COc1ccc2c(c1)CN(CC(F)(F)F)C(=O)[C@@H](CCC(=O)O)C2. The van der Waals surface area contributed by atoms with Crippen LogP contribution < -0.4 is 4.74 Å². The number of benzene rings is 1. The predicted molar refractivity (Wildman–Crippen MR) is 78.5 cm³/mol. The van der Waals surface area contributed by atoms with Crippen LogP contribution in [0.1, 0.15) is 24.0 Å². The first-order chi connectivity index (χ1) is 11.2. The van der Waals surface area contributed by atoms with Crippen molar-refractivity contribution in [3.8, 4) is 5.75 Å². The molecule has 1 aliphatic heterocycles. The van der Waals surface area contributed by atoms with Gasteiger partial charge in [-0.1, -0.05) is 6.07 Å². The molecule has 0 saturated heterocycles. The zero-order chi connectivity index (χ0) is 17.9. The number of nitrogens with zero attached hydrogens (tertiary/aromatic N) is 1. The molecular formula is C16H18F3NO4. The Morgan fingerprint density at radius 1 is 1.38 bits per heavy atom. The van der Waals surface area contributed by atoms with Crippen LogP contribution in [0.5, 0.6) is 5.75 Å².